The minimum atomic E-state index is -0.266. The largest absolute Gasteiger partial charge is 0.257 e. The average molecular weight is 411 g/mol. The molecular weight excluding hydrogens is 394 g/mol. The van der Waals surface area contributed by atoms with Gasteiger partial charge in [-0.2, -0.15) is 5.10 Å². The van der Waals surface area contributed by atoms with Crippen LogP contribution in [0.3, 0.4) is 0 Å². The summed E-state index contributed by atoms with van der Waals surface area (Å²) < 4.78 is 13.4. The van der Waals surface area contributed by atoms with E-state index < -0.39 is 0 Å². The molecule has 1 unspecified atom stereocenters. The van der Waals surface area contributed by atoms with Gasteiger partial charge in [-0.25, -0.2) is 4.39 Å². The van der Waals surface area contributed by atoms with Crippen LogP contribution < -0.4 is 5.01 Å². The van der Waals surface area contributed by atoms with E-state index in [2.05, 4.69) is 0 Å². The third-order valence-corrected chi connectivity index (χ3v) is 5.12. The van der Waals surface area contributed by atoms with E-state index in [0.29, 0.717) is 10.0 Å². The standard InChI is InChI=1S/C23H17Cl2FN2/c24-18-6-1-16(2-7-18)3-12-21-15-23(17-4-8-19(25)9-5-17)28(27-21)22-13-10-20(26)11-14-22/h1-14,23H,15H2/b12-3+. The lowest BCUT2D eigenvalue weighted by Gasteiger charge is -2.24. The maximum absolute atomic E-state index is 13.4. The maximum atomic E-state index is 13.4. The number of benzene rings is 3. The molecule has 0 radical (unpaired) electrons. The van der Waals surface area contributed by atoms with Crippen molar-refractivity contribution in [2.24, 2.45) is 5.10 Å². The molecule has 5 heteroatoms. The van der Waals surface area contributed by atoms with Gasteiger partial charge in [-0.05, 0) is 65.7 Å². The number of hydrazone groups is 1. The lowest BCUT2D eigenvalue weighted by atomic mass is 10.0. The Labute approximate surface area is 173 Å². The number of halogens is 3. The first kappa shape index (κ1) is 18.7. The lowest BCUT2D eigenvalue weighted by Crippen LogP contribution is -2.18. The molecular formula is C23H17Cl2FN2. The Morgan fingerprint density at radius 3 is 2.07 bits per heavy atom. The second-order valence-corrected chi connectivity index (χ2v) is 7.44. The van der Waals surface area contributed by atoms with Gasteiger partial charge in [0.15, 0.2) is 0 Å². The Hall–Kier alpha value is -2.62. The molecule has 0 saturated heterocycles. The minimum absolute atomic E-state index is 0.0209. The summed E-state index contributed by atoms with van der Waals surface area (Å²) >= 11 is 12.0. The first-order valence-corrected chi connectivity index (χ1v) is 9.65. The summed E-state index contributed by atoms with van der Waals surface area (Å²) in [6.45, 7) is 0. The van der Waals surface area contributed by atoms with Gasteiger partial charge in [0.05, 0.1) is 17.4 Å². The predicted molar refractivity (Wildman–Crippen MR) is 116 cm³/mol. The molecule has 0 aromatic heterocycles. The molecule has 0 spiro atoms. The van der Waals surface area contributed by atoms with Crippen molar-refractivity contribution in [2.75, 3.05) is 5.01 Å². The second kappa shape index (κ2) is 8.17. The fourth-order valence-corrected chi connectivity index (χ4v) is 3.43. The van der Waals surface area contributed by atoms with E-state index in [1.807, 2.05) is 65.7 Å². The molecule has 1 aliphatic heterocycles. The molecule has 0 amide bonds. The second-order valence-electron chi connectivity index (χ2n) is 6.57. The molecule has 28 heavy (non-hydrogen) atoms. The van der Waals surface area contributed by atoms with Crippen LogP contribution in [-0.2, 0) is 0 Å². The third-order valence-electron chi connectivity index (χ3n) is 4.62. The van der Waals surface area contributed by atoms with Crippen LogP contribution in [0.2, 0.25) is 10.0 Å². The van der Waals surface area contributed by atoms with Crippen LogP contribution in [0, 0.1) is 5.82 Å². The summed E-state index contributed by atoms with van der Waals surface area (Å²) in [6.07, 6.45) is 4.76. The van der Waals surface area contributed by atoms with Crippen LogP contribution in [0.5, 0.6) is 0 Å². The molecule has 1 atom stereocenters. The maximum Gasteiger partial charge on any atom is 0.123 e. The number of hydrogen-bond acceptors (Lipinski definition) is 2. The summed E-state index contributed by atoms with van der Waals surface area (Å²) in [7, 11) is 0. The molecule has 2 nitrogen and oxygen atoms in total. The van der Waals surface area contributed by atoms with Crippen LogP contribution in [0.4, 0.5) is 10.1 Å². The average Bonchev–Trinajstić information content (AvgIpc) is 3.13. The highest BCUT2D eigenvalue weighted by Crippen LogP contribution is 2.36. The van der Waals surface area contributed by atoms with Crippen molar-refractivity contribution in [3.8, 4) is 0 Å². The molecule has 140 valence electrons. The van der Waals surface area contributed by atoms with E-state index in [1.54, 1.807) is 12.1 Å². The van der Waals surface area contributed by atoms with Gasteiger partial charge in [0.2, 0.25) is 0 Å². The monoisotopic (exact) mass is 410 g/mol. The quantitative estimate of drug-likeness (QED) is 0.445. The van der Waals surface area contributed by atoms with Crippen molar-refractivity contribution in [3.05, 3.63) is 106 Å². The molecule has 1 aliphatic rings. The summed E-state index contributed by atoms with van der Waals surface area (Å²) in [5.41, 5.74) is 3.94. The van der Waals surface area contributed by atoms with E-state index in [0.717, 1.165) is 28.9 Å². The van der Waals surface area contributed by atoms with Gasteiger partial charge in [-0.15, -0.1) is 0 Å². The van der Waals surface area contributed by atoms with E-state index in [9.17, 15) is 4.39 Å². The van der Waals surface area contributed by atoms with Crippen LogP contribution in [-0.4, -0.2) is 5.71 Å². The Morgan fingerprint density at radius 1 is 0.821 bits per heavy atom. The van der Waals surface area contributed by atoms with E-state index >= 15 is 0 Å². The number of hydrogen-bond donors (Lipinski definition) is 0. The van der Waals surface area contributed by atoms with E-state index in [-0.39, 0.29) is 11.9 Å². The van der Waals surface area contributed by atoms with Crippen molar-refractivity contribution in [1.82, 2.24) is 0 Å². The smallest absolute Gasteiger partial charge is 0.123 e. The molecule has 1 heterocycles. The van der Waals surface area contributed by atoms with Crippen molar-refractivity contribution >= 4 is 40.7 Å². The first-order valence-electron chi connectivity index (χ1n) is 8.90. The molecule has 0 N–H and O–H groups in total. The van der Waals surface area contributed by atoms with Crippen molar-refractivity contribution in [2.45, 2.75) is 12.5 Å². The van der Waals surface area contributed by atoms with Gasteiger partial charge < -0.3 is 0 Å². The highest BCUT2D eigenvalue weighted by Gasteiger charge is 2.28. The SMILES string of the molecule is Fc1ccc(N2N=C(/C=C/c3ccc(Cl)cc3)CC2c2ccc(Cl)cc2)cc1. The lowest BCUT2D eigenvalue weighted by molar-refractivity contribution is 0.626. The topological polar surface area (TPSA) is 15.6 Å². The fourth-order valence-electron chi connectivity index (χ4n) is 3.18. The number of rotatable bonds is 4. The van der Waals surface area contributed by atoms with Crippen LogP contribution in [0.25, 0.3) is 6.08 Å². The van der Waals surface area contributed by atoms with Crippen LogP contribution >= 0.6 is 23.2 Å². The number of allylic oxidation sites excluding steroid dienone is 1. The first-order chi connectivity index (χ1) is 13.6. The molecule has 0 bridgehead atoms. The van der Waals surface area contributed by atoms with Gasteiger partial charge in [0, 0.05) is 16.5 Å². The van der Waals surface area contributed by atoms with Gasteiger partial charge >= 0.3 is 0 Å². The third kappa shape index (κ3) is 4.27. The molecule has 0 saturated carbocycles. The van der Waals surface area contributed by atoms with Crippen molar-refractivity contribution in [1.29, 1.82) is 0 Å². The Balaban J connectivity index is 1.64. The molecule has 0 aliphatic carbocycles. The molecule has 3 aromatic carbocycles. The molecule has 4 rings (SSSR count). The van der Waals surface area contributed by atoms with Crippen molar-refractivity contribution in [3.63, 3.8) is 0 Å². The zero-order valence-corrected chi connectivity index (χ0v) is 16.4. The van der Waals surface area contributed by atoms with Crippen molar-refractivity contribution < 1.29 is 4.39 Å². The summed E-state index contributed by atoms with van der Waals surface area (Å²) in [4.78, 5) is 0. The summed E-state index contributed by atoms with van der Waals surface area (Å²) in [6, 6.07) is 21.8. The van der Waals surface area contributed by atoms with Gasteiger partial charge in [-0.3, -0.25) is 5.01 Å². The summed E-state index contributed by atoms with van der Waals surface area (Å²) in [5, 5.41) is 8.12. The zero-order chi connectivity index (χ0) is 19.5. The zero-order valence-electron chi connectivity index (χ0n) is 14.9. The highest BCUT2D eigenvalue weighted by atomic mass is 35.5. The minimum Gasteiger partial charge on any atom is -0.257 e. The Kier molecular flexibility index (Phi) is 5.47. The van der Waals surface area contributed by atoms with Gasteiger partial charge in [0.25, 0.3) is 0 Å². The highest BCUT2D eigenvalue weighted by molar-refractivity contribution is 6.30. The normalized spacial score (nSPS) is 16.6. The van der Waals surface area contributed by atoms with E-state index in [1.165, 1.54) is 12.1 Å². The van der Waals surface area contributed by atoms with Crippen LogP contribution in [0.1, 0.15) is 23.6 Å². The fraction of sp³-hybridized carbons (Fsp3) is 0.0870. The predicted octanol–water partition coefficient (Wildman–Crippen LogP) is 7.15. The van der Waals surface area contributed by atoms with Crippen LogP contribution in [0.15, 0.2) is 84.0 Å². The number of anilines is 1. The summed E-state index contributed by atoms with van der Waals surface area (Å²) in [5.74, 6) is -0.266. The molecule has 3 aromatic rings. The van der Waals surface area contributed by atoms with Gasteiger partial charge in [0.1, 0.15) is 5.82 Å². The Bertz CT molecular complexity index is 1010. The van der Waals surface area contributed by atoms with Gasteiger partial charge in [-0.1, -0.05) is 53.5 Å². The Morgan fingerprint density at radius 2 is 1.43 bits per heavy atom. The molecule has 0 fully saturated rings. The van der Waals surface area contributed by atoms with E-state index in [4.69, 9.17) is 28.3 Å². The number of nitrogens with zero attached hydrogens (tertiary/aromatic N) is 2.